The van der Waals surface area contributed by atoms with E-state index in [4.69, 9.17) is 14.2 Å². The van der Waals surface area contributed by atoms with Crippen molar-refractivity contribution in [3.05, 3.63) is 82.3 Å². The summed E-state index contributed by atoms with van der Waals surface area (Å²) in [4.78, 5) is 24.2. The predicted molar refractivity (Wildman–Crippen MR) is 138 cm³/mol. The van der Waals surface area contributed by atoms with Crippen LogP contribution in [0.3, 0.4) is 0 Å². The number of carbonyl (C=O) groups excluding carboxylic acids is 2. The molecule has 0 atom stereocenters. The Labute approximate surface area is 212 Å². The van der Waals surface area contributed by atoms with Crippen LogP contribution in [-0.4, -0.2) is 31.7 Å². The first-order valence-electron chi connectivity index (χ1n) is 10.9. The minimum atomic E-state index is -0.543. The molecular weight excluding hydrogens is 514 g/mol. The van der Waals surface area contributed by atoms with E-state index in [1.54, 1.807) is 43.5 Å². The average Bonchev–Trinajstić information content (AvgIpc) is 2.85. The zero-order valence-corrected chi connectivity index (χ0v) is 21.0. The highest BCUT2D eigenvalue weighted by Gasteiger charge is 2.12. The molecule has 3 aromatic rings. The zero-order valence-electron chi connectivity index (χ0n) is 19.4. The van der Waals surface area contributed by atoms with Crippen molar-refractivity contribution in [1.82, 2.24) is 5.43 Å². The Morgan fingerprint density at radius 3 is 2.43 bits per heavy atom. The maximum Gasteiger partial charge on any atom is 0.249 e. The van der Waals surface area contributed by atoms with Crippen LogP contribution in [0.1, 0.15) is 24.5 Å². The number of hydrogen-bond acceptors (Lipinski definition) is 6. The van der Waals surface area contributed by atoms with Crippen molar-refractivity contribution in [1.29, 1.82) is 0 Å². The van der Waals surface area contributed by atoms with Gasteiger partial charge in [0, 0.05) is 5.69 Å². The number of nitrogens with one attached hydrogen (secondary N) is 2. The smallest absolute Gasteiger partial charge is 0.249 e. The third kappa shape index (κ3) is 8.15. The normalized spacial score (nSPS) is 10.6. The van der Waals surface area contributed by atoms with Crippen LogP contribution in [0.25, 0.3) is 0 Å². The number of nitrogens with zero attached hydrogens (tertiary/aromatic N) is 1. The Morgan fingerprint density at radius 1 is 1.00 bits per heavy atom. The van der Waals surface area contributed by atoms with Crippen LogP contribution in [0.5, 0.6) is 17.2 Å². The number of hydrogen-bond donors (Lipinski definition) is 2. The van der Waals surface area contributed by atoms with Gasteiger partial charge < -0.3 is 19.5 Å². The van der Waals surface area contributed by atoms with E-state index >= 15 is 0 Å². The molecule has 8 nitrogen and oxygen atoms in total. The lowest BCUT2D eigenvalue weighted by Crippen LogP contribution is -2.24. The Morgan fingerprint density at radius 2 is 1.74 bits per heavy atom. The van der Waals surface area contributed by atoms with E-state index in [-0.39, 0.29) is 6.42 Å². The SMILES string of the molecule is CCOc1ccc(NC(=O)CC(=O)NN=Cc2cc(Br)c(OCc3ccccc3)c(OC)c2)cc1. The van der Waals surface area contributed by atoms with Gasteiger partial charge in [0.1, 0.15) is 18.8 Å². The van der Waals surface area contributed by atoms with Crippen molar-refractivity contribution >= 4 is 39.6 Å². The van der Waals surface area contributed by atoms with Gasteiger partial charge in [-0.05, 0) is 70.4 Å². The molecule has 0 bridgehead atoms. The van der Waals surface area contributed by atoms with E-state index in [1.807, 2.05) is 37.3 Å². The predicted octanol–water partition coefficient (Wildman–Crippen LogP) is 4.91. The standard InChI is InChI=1S/C26H26BrN3O5/c1-3-34-21-11-9-20(10-12-21)29-24(31)15-25(32)30-28-16-19-13-22(27)26(23(14-19)33-2)35-17-18-7-5-4-6-8-18/h4-14,16H,3,15,17H2,1-2H3,(H,29,31)(H,30,32). The minimum absolute atomic E-state index is 0.371. The fourth-order valence-electron chi connectivity index (χ4n) is 3.05. The number of rotatable bonds is 11. The van der Waals surface area contributed by atoms with Crippen molar-refractivity contribution < 1.29 is 23.8 Å². The summed E-state index contributed by atoms with van der Waals surface area (Å²) in [6, 6.07) is 20.2. The molecule has 0 aliphatic rings. The number of ether oxygens (including phenoxy) is 3. The summed E-state index contributed by atoms with van der Waals surface area (Å²) in [5, 5.41) is 6.59. The highest BCUT2D eigenvalue weighted by atomic mass is 79.9. The van der Waals surface area contributed by atoms with E-state index in [0.29, 0.717) is 46.2 Å². The quantitative estimate of drug-likeness (QED) is 0.205. The van der Waals surface area contributed by atoms with Gasteiger partial charge >= 0.3 is 0 Å². The highest BCUT2D eigenvalue weighted by Crippen LogP contribution is 2.36. The molecule has 0 fully saturated rings. The average molecular weight is 540 g/mol. The Hall–Kier alpha value is -3.85. The number of methoxy groups -OCH3 is 1. The molecule has 0 aromatic heterocycles. The molecule has 0 saturated carbocycles. The zero-order chi connectivity index (χ0) is 25.0. The third-order valence-corrected chi connectivity index (χ3v) is 5.24. The summed E-state index contributed by atoms with van der Waals surface area (Å²) in [7, 11) is 1.54. The lowest BCUT2D eigenvalue weighted by Gasteiger charge is -2.13. The number of hydrazone groups is 1. The Balaban J connectivity index is 1.52. The van der Waals surface area contributed by atoms with Crippen LogP contribution < -0.4 is 25.0 Å². The Kier molecular flexibility index (Phi) is 9.68. The molecule has 0 spiro atoms. The first kappa shape index (κ1) is 25.8. The molecule has 35 heavy (non-hydrogen) atoms. The molecule has 9 heteroatoms. The topological polar surface area (TPSA) is 98.2 Å². The lowest BCUT2D eigenvalue weighted by molar-refractivity contribution is -0.126. The summed E-state index contributed by atoms with van der Waals surface area (Å²) < 4.78 is 17.4. The molecule has 3 aromatic carbocycles. The first-order valence-corrected chi connectivity index (χ1v) is 11.7. The largest absolute Gasteiger partial charge is 0.494 e. The second kappa shape index (κ2) is 13.1. The maximum atomic E-state index is 12.1. The van der Waals surface area contributed by atoms with Gasteiger partial charge in [-0.2, -0.15) is 5.10 Å². The van der Waals surface area contributed by atoms with E-state index in [1.165, 1.54) is 6.21 Å². The van der Waals surface area contributed by atoms with Crippen molar-refractivity contribution in [2.75, 3.05) is 19.0 Å². The van der Waals surface area contributed by atoms with E-state index < -0.39 is 11.8 Å². The molecule has 0 unspecified atom stereocenters. The van der Waals surface area contributed by atoms with Crippen molar-refractivity contribution in [2.24, 2.45) is 5.10 Å². The van der Waals surface area contributed by atoms with Gasteiger partial charge in [-0.25, -0.2) is 5.43 Å². The Bertz CT molecular complexity index is 1170. The molecule has 2 N–H and O–H groups in total. The second-order valence-electron chi connectivity index (χ2n) is 7.28. The molecule has 182 valence electrons. The van der Waals surface area contributed by atoms with Crippen LogP contribution in [0.2, 0.25) is 0 Å². The fourth-order valence-corrected chi connectivity index (χ4v) is 3.63. The number of anilines is 1. The van der Waals surface area contributed by atoms with Crippen LogP contribution in [-0.2, 0) is 16.2 Å². The van der Waals surface area contributed by atoms with Crippen LogP contribution >= 0.6 is 15.9 Å². The van der Waals surface area contributed by atoms with Gasteiger partial charge in [0.15, 0.2) is 11.5 Å². The second-order valence-corrected chi connectivity index (χ2v) is 8.14. The minimum Gasteiger partial charge on any atom is -0.494 e. The van der Waals surface area contributed by atoms with E-state index in [2.05, 4.69) is 31.8 Å². The van der Waals surface area contributed by atoms with Gasteiger partial charge in [-0.15, -0.1) is 0 Å². The van der Waals surface area contributed by atoms with Gasteiger partial charge in [-0.3, -0.25) is 9.59 Å². The maximum absolute atomic E-state index is 12.1. The molecule has 0 aliphatic heterocycles. The third-order valence-electron chi connectivity index (χ3n) is 4.65. The number of halogens is 1. The van der Waals surface area contributed by atoms with Crippen molar-refractivity contribution in [2.45, 2.75) is 20.0 Å². The van der Waals surface area contributed by atoms with Crippen molar-refractivity contribution in [3.63, 3.8) is 0 Å². The summed E-state index contributed by atoms with van der Waals surface area (Å²) >= 11 is 3.50. The number of carbonyl (C=O) groups is 2. The van der Waals surface area contributed by atoms with Crippen molar-refractivity contribution in [3.8, 4) is 17.2 Å². The molecule has 0 aliphatic carbocycles. The number of benzene rings is 3. The molecule has 3 rings (SSSR count). The molecule has 0 heterocycles. The highest BCUT2D eigenvalue weighted by molar-refractivity contribution is 9.10. The fraction of sp³-hybridized carbons (Fsp3) is 0.192. The van der Waals surface area contributed by atoms with Gasteiger partial charge in [0.25, 0.3) is 0 Å². The molecule has 2 amide bonds. The molecular formula is C26H26BrN3O5. The summed E-state index contributed by atoms with van der Waals surface area (Å²) in [6.07, 6.45) is 1.08. The molecule has 0 saturated heterocycles. The summed E-state index contributed by atoms with van der Waals surface area (Å²) in [5.41, 5.74) is 4.62. The summed E-state index contributed by atoms with van der Waals surface area (Å²) in [6.45, 7) is 2.84. The van der Waals surface area contributed by atoms with Crippen LogP contribution in [0.4, 0.5) is 5.69 Å². The van der Waals surface area contributed by atoms with E-state index in [0.717, 1.165) is 5.56 Å². The van der Waals surface area contributed by atoms with Crippen LogP contribution in [0.15, 0.2) is 76.3 Å². The van der Waals surface area contributed by atoms with Crippen LogP contribution in [0, 0.1) is 0 Å². The van der Waals surface area contributed by atoms with E-state index in [9.17, 15) is 9.59 Å². The lowest BCUT2D eigenvalue weighted by atomic mass is 10.2. The van der Waals surface area contributed by atoms with Gasteiger partial charge in [-0.1, -0.05) is 30.3 Å². The van der Waals surface area contributed by atoms with Gasteiger partial charge in [0.05, 0.1) is 24.4 Å². The number of amides is 2. The van der Waals surface area contributed by atoms with Gasteiger partial charge in [0.2, 0.25) is 11.8 Å². The monoisotopic (exact) mass is 539 g/mol. The molecule has 0 radical (unpaired) electrons. The summed E-state index contributed by atoms with van der Waals surface area (Å²) in [5.74, 6) is 0.780. The first-order chi connectivity index (χ1) is 17.0.